The molecule has 0 radical (unpaired) electrons. The number of hydrogen-bond donors (Lipinski definition) is 2. The Morgan fingerprint density at radius 1 is 0.935 bits per heavy atom. The number of urea groups is 1. The van der Waals surface area contributed by atoms with Crippen LogP contribution in [-0.4, -0.2) is 16.7 Å². The lowest BCUT2D eigenvalue weighted by atomic mass is 9.87. The number of nitro groups is 1. The number of nitrogens with one attached hydrogen (secondary N) is 2. The number of ketones is 1. The maximum absolute atomic E-state index is 13.5. The van der Waals surface area contributed by atoms with Gasteiger partial charge in [-0.25, -0.2) is 4.79 Å². The first kappa shape index (κ1) is 19.8. The first-order chi connectivity index (χ1) is 15.0. The summed E-state index contributed by atoms with van der Waals surface area (Å²) in [7, 11) is 0. The molecule has 2 amide bonds. The van der Waals surface area contributed by atoms with Crippen LogP contribution in [0.15, 0.2) is 84.4 Å². The van der Waals surface area contributed by atoms with Crippen LogP contribution in [0.2, 0.25) is 0 Å². The van der Waals surface area contributed by atoms with E-state index in [1.54, 1.807) is 60.7 Å². The highest BCUT2D eigenvalue weighted by Crippen LogP contribution is 2.36. The van der Waals surface area contributed by atoms with E-state index in [9.17, 15) is 24.8 Å². The molecule has 31 heavy (non-hydrogen) atoms. The third kappa shape index (κ3) is 3.86. The molecular formula is C23H16N3O5-. The largest absolute Gasteiger partial charge is 0.868 e. The van der Waals surface area contributed by atoms with Gasteiger partial charge in [-0.3, -0.25) is 14.9 Å². The Morgan fingerprint density at radius 2 is 1.58 bits per heavy atom. The monoisotopic (exact) mass is 414 g/mol. The molecule has 0 unspecified atom stereocenters. The molecule has 4 rings (SSSR count). The molecule has 8 nitrogen and oxygen atoms in total. The Bertz CT molecular complexity index is 1210. The van der Waals surface area contributed by atoms with Crippen LogP contribution in [0.3, 0.4) is 0 Å². The molecule has 3 aromatic carbocycles. The Balaban J connectivity index is 1.94. The fourth-order valence-corrected chi connectivity index (χ4v) is 3.49. The molecule has 0 aliphatic carbocycles. The first-order valence-electron chi connectivity index (χ1n) is 9.38. The van der Waals surface area contributed by atoms with Gasteiger partial charge in [-0.1, -0.05) is 72.8 Å². The van der Waals surface area contributed by atoms with Crippen LogP contribution in [0.5, 0.6) is 5.75 Å². The zero-order chi connectivity index (χ0) is 22.0. The van der Waals surface area contributed by atoms with Crippen molar-refractivity contribution in [3.63, 3.8) is 0 Å². The van der Waals surface area contributed by atoms with Gasteiger partial charge in [0.1, 0.15) is 0 Å². The maximum atomic E-state index is 13.5. The molecule has 0 saturated heterocycles. The Morgan fingerprint density at radius 3 is 2.23 bits per heavy atom. The molecule has 0 fully saturated rings. The highest BCUT2D eigenvalue weighted by atomic mass is 16.6. The summed E-state index contributed by atoms with van der Waals surface area (Å²) in [5, 5.41) is 28.5. The second kappa shape index (κ2) is 8.11. The van der Waals surface area contributed by atoms with Gasteiger partial charge in [0.15, 0.2) is 5.78 Å². The molecule has 154 valence electrons. The summed E-state index contributed by atoms with van der Waals surface area (Å²) in [6.07, 6.45) is 0. The van der Waals surface area contributed by atoms with Crippen molar-refractivity contribution < 1.29 is 19.6 Å². The summed E-state index contributed by atoms with van der Waals surface area (Å²) in [6, 6.07) is 19.3. The summed E-state index contributed by atoms with van der Waals surface area (Å²) in [4.78, 5) is 36.5. The molecule has 2 N–H and O–H groups in total. The van der Waals surface area contributed by atoms with E-state index in [0.29, 0.717) is 16.8 Å². The predicted octanol–water partition coefficient (Wildman–Crippen LogP) is 3.32. The van der Waals surface area contributed by atoms with Gasteiger partial charge in [-0.15, -0.1) is 0 Å². The Kier molecular flexibility index (Phi) is 5.19. The van der Waals surface area contributed by atoms with Gasteiger partial charge in [0.05, 0.1) is 22.2 Å². The lowest BCUT2D eigenvalue weighted by Crippen LogP contribution is -2.45. The van der Waals surface area contributed by atoms with E-state index in [1.807, 2.05) is 0 Å². The van der Waals surface area contributed by atoms with Crippen molar-refractivity contribution in [2.75, 3.05) is 0 Å². The molecular weight excluding hydrogens is 398 g/mol. The van der Waals surface area contributed by atoms with Gasteiger partial charge < -0.3 is 15.7 Å². The number of benzene rings is 3. The van der Waals surface area contributed by atoms with Crippen molar-refractivity contribution in [3.8, 4) is 5.75 Å². The topological polar surface area (TPSA) is 124 Å². The van der Waals surface area contributed by atoms with Crippen LogP contribution < -0.4 is 15.7 Å². The lowest BCUT2D eigenvalue weighted by molar-refractivity contribution is -0.398. The van der Waals surface area contributed by atoms with E-state index < -0.39 is 28.4 Å². The number of rotatable bonds is 5. The van der Waals surface area contributed by atoms with Crippen LogP contribution >= 0.6 is 0 Å². The van der Waals surface area contributed by atoms with Crippen LogP contribution in [0, 0.1) is 10.1 Å². The predicted molar refractivity (Wildman–Crippen MR) is 111 cm³/mol. The maximum Gasteiger partial charge on any atom is 0.320 e. The van der Waals surface area contributed by atoms with Gasteiger partial charge in [-0.2, -0.15) is 0 Å². The standard InChI is InChI=1S/C23H17N3O5/c27-18-12-11-16(13-17(18)26(30)31)21-19(22(28)15-9-5-2-6-10-15)20(24-23(29)25-21)14-7-3-1-4-8-14/h1-13,21,27H,(H2,24,25,29)/p-1/t21-/m1/s1. The van der Waals surface area contributed by atoms with Crippen molar-refractivity contribution in [1.29, 1.82) is 0 Å². The first-order valence-corrected chi connectivity index (χ1v) is 9.38. The minimum atomic E-state index is -0.990. The third-order valence-electron chi connectivity index (χ3n) is 4.93. The average Bonchev–Trinajstić information content (AvgIpc) is 2.79. The molecule has 0 spiro atoms. The number of nitrogens with zero attached hydrogens (tertiary/aromatic N) is 1. The second-order valence-corrected chi connectivity index (χ2v) is 6.87. The zero-order valence-corrected chi connectivity index (χ0v) is 16.1. The normalized spacial score (nSPS) is 15.7. The number of carbonyl (C=O) groups excluding carboxylic acids is 2. The third-order valence-corrected chi connectivity index (χ3v) is 4.93. The van der Waals surface area contributed by atoms with Crippen LogP contribution in [-0.2, 0) is 0 Å². The van der Waals surface area contributed by atoms with Crippen molar-refractivity contribution in [1.82, 2.24) is 10.6 Å². The van der Waals surface area contributed by atoms with E-state index in [-0.39, 0.29) is 16.9 Å². The molecule has 1 heterocycles. The van der Waals surface area contributed by atoms with Crippen molar-refractivity contribution in [3.05, 3.63) is 111 Å². The highest BCUT2D eigenvalue weighted by Gasteiger charge is 2.34. The Labute approximate surface area is 177 Å². The zero-order valence-electron chi connectivity index (χ0n) is 16.1. The molecule has 1 aliphatic rings. The van der Waals surface area contributed by atoms with Crippen LogP contribution in [0.4, 0.5) is 10.5 Å². The van der Waals surface area contributed by atoms with Crippen LogP contribution in [0.1, 0.15) is 27.5 Å². The van der Waals surface area contributed by atoms with Gasteiger partial charge >= 0.3 is 6.03 Å². The van der Waals surface area contributed by atoms with Gasteiger partial charge in [0.2, 0.25) is 0 Å². The van der Waals surface area contributed by atoms with Gasteiger partial charge in [0.25, 0.3) is 5.69 Å². The molecule has 3 aromatic rings. The molecule has 8 heteroatoms. The fourth-order valence-electron chi connectivity index (χ4n) is 3.49. The lowest BCUT2D eigenvalue weighted by Gasteiger charge is -2.30. The van der Waals surface area contributed by atoms with E-state index >= 15 is 0 Å². The van der Waals surface area contributed by atoms with E-state index in [4.69, 9.17) is 0 Å². The molecule has 0 aromatic heterocycles. The number of amides is 2. The average molecular weight is 414 g/mol. The molecule has 1 atom stereocenters. The summed E-state index contributed by atoms with van der Waals surface area (Å²) in [6.45, 7) is 0. The van der Waals surface area contributed by atoms with Crippen molar-refractivity contribution in [2.24, 2.45) is 0 Å². The second-order valence-electron chi connectivity index (χ2n) is 6.87. The smallest absolute Gasteiger partial charge is 0.320 e. The van der Waals surface area contributed by atoms with Crippen molar-refractivity contribution in [2.45, 2.75) is 6.04 Å². The summed E-state index contributed by atoms with van der Waals surface area (Å²) >= 11 is 0. The van der Waals surface area contributed by atoms with E-state index in [0.717, 1.165) is 12.1 Å². The SMILES string of the molecule is O=C1NC(c2ccccc2)=C(C(=O)c2ccccc2)[C@@H](c2ccc([O-])c([N+](=O)[O-])c2)N1. The van der Waals surface area contributed by atoms with E-state index in [2.05, 4.69) is 10.6 Å². The quantitative estimate of drug-likeness (QED) is 0.376. The summed E-state index contributed by atoms with van der Waals surface area (Å²) in [5.74, 6) is -1.11. The molecule has 0 saturated carbocycles. The van der Waals surface area contributed by atoms with Gasteiger partial charge in [-0.05, 0) is 16.9 Å². The van der Waals surface area contributed by atoms with Gasteiger partial charge in [0, 0.05) is 11.6 Å². The number of Topliss-reactive ketones (excluding diaryl/α,β-unsaturated/α-hetero) is 1. The van der Waals surface area contributed by atoms with Crippen LogP contribution in [0.25, 0.3) is 5.70 Å². The minimum Gasteiger partial charge on any atom is -0.868 e. The number of carbonyl (C=O) groups is 2. The van der Waals surface area contributed by atoms with E-state index in [1.165, 1.54) is 6.07 Å². The van der Waals surface area contributed by atoms with Crippen molar-refractivity contribution >= 4 is 23.2 Å². The number of hydrogen-bond acceptors (Lipinski definition) is 5. The highest BCUT2D eigenvalue weighted by molar-refractivity contribution is 6.16. The number of nitro benzene ring substituents is 1. The summed E-state index contributed by atoms with van der Waals surface area (Å²) in [5.41, 5.74) is 1.15. The molecule has 0 bridgehead atoms. The Hall–Kier alpha value is -4.46. The summed E-state index contributed by atoms with van der Waals surface area (Å²) < 4.78 is 0. The fraction of sp³-hybridized carbons (Fsp3) is 0.0435. The molecule has 1 aliphatic heterocycles. The minimum absolute atomic E-state index is 0.213.